The first-order valence-corrected chi connectivity index (χ1v) is 8.02. The molecule has 0 radical (unpaired) electrons. The molecule has 0 fully saturated rings. The smallest absolute Gasteiger partial charge is 0.297 e. The van der Waals surface area contributed by atoms with Gasteiger partial charge in [-0.05, 0) is 11.1 Å². The molecule has 128 valence electrons. The summed E-state index contributed by atoms with van der Waals surface area (Å²) in [5, 5.41) is 0.745. The maximum Gasteiger partial charge on any atom is 0.297 e. The maximum atomic E-state index is 8.49. The number of hydrogen-bond donors (Lipinski definition) is 1. The van der Waals surface area contributed by atoms with Gasteiger partial charge >= 0.3 is 0 Å². The first-order chi connectivity index (χ1) is 10.2. The number of aryl methyl sites for hydroxylation is 2. The van der Waals surface area contributed by atoms with E-state index in [1.807, 2.05) is 24.7 Å². The topological polar surface area (TPSA) is 192 Å². The molecule has 0 aliphatic rings. The van der Waals surface area contributed by atoms with E-state index in [9.17, 15) is 0 Å². The lowest BCUT2D eigenvalue weighted by Gasteiger charge is -2.17. The van der Waals surface area contributed by atoms with Crippen LogP contribution < -0.4 is 28.9 Å². The van der Waals surface area contributed by atoms with E-state index in [0.717, 1.165) is 22.3 Å². The Labute approximate surface area is 138 Å². The summed E-state index contributed by atoms with van der Waals surface area (Å²) in [6, 6.07) is 1.80. The molecule has 0 saturated heterocycles. The molecule has 2 aromatic rings. The van der Waals surface area contributed by atoms with Gasteiger partial charge in [-0.2, -0.15) is 0 Å². The molecular formula is C11H16ClN5O5S. The average Bonchev–Trinajstić information content (AvgIpc) is 2.41. The van der Waals surface area contributed by atoms with Crippen LogP contribution >= 0.6 is 11.8 Å². The molecular weight excluding hydrogens is 350 g/mol. The second kappa shape index (κ2) is 9.52. The van der Waals surface area contributed by atoms with Crippen molar-refractivity contribution >= 4 is 17.6 Å². The number of aromatic nitrogens is 4. The minimum Gasteiger partial charge on any atom is -0.412 e. The van der Waals surface area contributed by atoms with Gasteiger partial charge in [-0.25, -0.2) is 33.2 Å². The molecule has 23 heavy (non-hydrogen) atoms. The van der Waals surface area contributed by atoms with Crippen molar-refractivity contribution in [1.29, 1.82) is 0 Å². The van der Waals surface area contributed by atoms with Crippen molar-refractivity contribution in [3.63, 3.8) is 0 Å². The van der Waals surface area contributed by atoms with E-state index in [1.54, 1.807) is 30.2 Å². The molecule has 0 amide bonds. The van der Waals surface area contributed by atoms with Gasteiger partial charge in [-0.1, -0.05) is 11.8 Å². The summed E-state index contributed by atoms with van der Waals surface area (Å²) in [5.41, 5.74) is 6.87. The molecule has 0 atom stereocenters. The van der Waals surface area contributed by atoms with Gasteiger partial charge in [0.15, 0.2) is 5.16 Å². The highest BCUT2D eigenvalue weighted by molar-refractivity contribution is 7.98. The van der Waals surface area contributed by atoms with Crippen molar-refractivity contribution in [2.75, 3.05) is 5.73 Å². The van der Waals surface area contributed by atoms with Crippen molar-refractivity contribution in [2.24, 2.45) is 7.05 Å². The lowest BCUT2D eigenvalue weighted by Crippen LogP contribution is -2.68. The van der Waals surface area contributed by atoms with Crippen LogP contribution in [0, 0.1) is 17.2 Å². The van der Waals surface area contributed by atoms with Crippen LogP contribution in [-0.2, 0) is 12.8 Å². The fraction of sp³-hybridized carbons (Fsp3) is 0.273. The summed E-state index contributed by atoms with van der Waals surface area (Å²) in [4.78, 5) is 12.6. The van der Waals surface area contributed by atoms with Crippen LogP contribution in [0.5, 0.6) is 0 Å². The molecule has 0 unspecified atom stereocenters. The van der Waals surface area contributed by atoms with Crippen molar-refractivity contribution in [2.45, 2.75) is 17.8 Å². The number of halogens is 1. The average molecular weight is 366 g/mol. The Morgan fingerprint density at radius 2 is 1.74 bits per heavy atom. The van der Waals surface area contributed by atoms with Gasteiger partial charge in [-0.15, -0.1) is 10.2 Å². The Morgan fingerprint density at radius 3 is 2.26 bits per heavy atom. The third-order valence-corrected chi connectivity index (χ3v) is 3.29. The van der Waals surface area contributed by atoms with Gasteiger partial charge in [0.2, 0.25) is 5.82 Å². The van der Waals surface area contributed by atoms with E-state index in [2.05, 4.69) is 15.0 Å². The van der Waals surface area contributed by atoms with Gasteiger partial charge in [-0.3, -0.25) is 0 Å². The quantitative estimate of drug-likeness (QED) is 0.316. The fourth-order valence-electron chi connectivity index (χ4n) is 1.33. The second-order valence-electron chi connectivity index (χ2n) is 4.01. The molecule has 10 nitrogen and oxygen atoms in total. The van der Waals surface area contributed by atoms with Crippen LogP contribution in [0.25, 0.3) is 0 Å². The largest absolute Gasteiger partial charge is 0.412 e. The Morgan fingerprint density at radius 1 is 1.22 bits per heavy atom. The minimum absolute atomic E-state index is 0. The number of rotatable bonds is 3. The molecule has 4 N–H and O–H groups in total. The number of thioether (sulfide) groups is 1. The third kappa shape index (κ3) is 9.20. The minimum atomic E-state index is -4.94. The lowest BCUT2D eigenvalue weighted by atomic mass is 10.3. The molecule has 0 aliphatic heterocycles. The Kier molecular flexibility index (Phi) is 8.86. The van der Waals surface area contributed by atoms with E-state index in [0.29, 0.717) is 5.82 Å². The standard InChI is InChI=1S/C11H13N5S.ClHO4.H2O/c1-8-15-10(12)9(6-16(8)2)7-17-11-13-4-3-5-14-11;2-1(3,4)5;/h3-6,12H,7H2,1-2H3;(H,2,3,4,5);1H2. The van der Waals surface area contributed by atoms with Gasteiger partial charge in [0.05, 0.1) is 12.6 Å². The van der Waals surface area contributed by atoms with Crippen LogP contribution in [0.1, 0.15) is 11.4 Å². The number of anilines is 1. The molecule has 2 aromatic heterocycles. The highest BCUT2D eigenvalue weighted by Gasteiger charge is 2.12. The summed E-state index contributed by atoms with van der Waals surface area (Å²) < 4.78 is 35.9. The third-order valence-electron chi connectivity index (χ3n) is 2.37. The zero-order valence-corrected chi connectivity index (χ0v) is 13.9. The summed E-state index contributed by atoms with van der Waals surface area (Å²) in [6.07, 6.45) is 5.45. The van der Waals surface area contributed by atoms with Gasteiger partial charge in [0, 0.05) is 25.1 Å². The zero-order chi connectivity index (χ0) is 16.8. The number of nitrogen functional groups attached to an aromatic ring is 1. The van der Waals surface area contributed by atoms with E-state index in [4.69, 9.17) is 24.4 Å². The van der Waals surface area contributed by atoms with E-state index in [-0.39, 0.29) is 5.48 Å². The Balaban J connectivity index is 0.000000709. The predicted octanol–water partition coefficient (Wildman–Crippen LogP) is -4.70. The van der Waals surface area contributed by atoms with E-state index in [1.165, 1.54) is 0 Å². The van der Waals surface area contributed by atoms with Crippen molar-refractivity contribution < 1.29 is 38.9 Å². The Hall–Kier alpha value is -1.60. The first kappa shape index (κ1) is 21.4. The summed E-state index contributed by atoms with van der Waals surface area (Å²) in [5.74, 6) is 2.19. The number of nitrogens with zero attached hydrogens (tertiary/aromatic N) is 4. The van der Waals surface area contributed by atoms with Crippen molar-refractivity contribution in [1.82, 2.24) is 15.0 Å². The van der Waals surface area contributed by atoms with Crippen LogP contribution in [0.4, 0.5) is 5.82 Å². The normalized spacial score (nSPS) is 10.3. The predicted molar refractivity (Wildman–Crippen MR) is 69.8 cm³/mol. The molecule has 0 aliphatic carbocycles. The number of hydrogen-bond acceptors (Lipinski definition) is 9. The van der Waals surface area contributed by atoms with E-state index >= 15 is 0 Å². The lowest BCUT2D eigenvalue weighted by molar-refractivity contribution is -2.00. The van der Waals surface area contributed by atoms with Crippen molar-refractivity contribution in [3.05, 3.63) is 36.0 Å². The second-order valence-corrected chi connectivity index (χ2v) is 5.71. The SMILES string of the molecule is Cc1nc(N)c(CSc2ncccn2)c[n+]1C.O.[O-][Cl+3]([O-])([O-])[O-]. The van der Waals surface area contributed by atoms with Crippen LogP contribution in [0.3, 0.4) is 0 Å². The highest BCUT2D eigenvalue weighted by atomic mass is 35.7. The number of nitrogens with two attached hydrogens (primary N) is 1. The summed E-state index contributed by atoms with van der Waals surface area (Å²) in [6.45, 7) is 1.92. The monoisotopic (exact) mass is 365 g/mol. The van der Waals surface area contributed by atoms with Gasteiger partial charge < -0.3 is 11.2 Å². The van der Waals surface area contributed by atoms with Gasteiger partial charge in [0.25, 0.3) is 5.82 Å². The summed E-state index contributed by atoms with van der Waals surface area (Å²) >= 11 is 1.55. The Bertz CT molecular complexity index is 608. The maximum absolute atomic E-state index is 8.49. The first-order valence-electron chi connectivity index (χ1n) is 5.80. The molecule has 0 bridgehead atoms. The molecule has 0 saturated carbocycles. The van der Waals surface area contributed by atoms with Crippen LogP contribution in [0.2, 0.25) is 0 Å². The molecule has 2 rings (SSSR count). The fourth-order valence-corrected chi connectivity index (χ4v) is 2.11. The van der Waals surface area contributed by atoms with Crippen LogP contribution in [0.15, 0.2) is 29.8 Å². The highest BCUT2D eigenvalue weighted by Crippen LogP contribution is 2.20. The molecule has 2 heterocycles. The van der Waals surface area contributed by atoms with Gasteiger partial charge in [0.1, 0.15) is 6.20 Å². The molecule has 0 aromatic carbocycles. The van der Waals surface area contributed by atoms with Crippen LogP contribution in [-0.4, -0.2) is 20.4 Å². The van der Waals surface area contributed by atoms with Crippen molar-refractivity contribution in [3.8, 4) is 0 Å². The molecule has 12 heteroatoms. The zero-order valence-electron chi connectivity index (χ0n) is 12.3. The molecule has 0 spiro atoms. The van der Waals surface area contributed by atoms with E-state index < -0.39 is 10.2 Å². The summed E-state index contributed by atoms with van der Waals surface area (Å²) in [7, 11) is -2.99.